The first-order valence-electron chi connectivity index (χ1n) is 9.25. The van der Waals surface area contributed by atoms with E-state index in [9.17, 15) is 4.79 Å². The van der Waals surface area contributed by atoms with Crippen molar-refractivity contribution in [2.45, 2.75) is 56.3 Å². The fourth-order valence-electron chi connectivity index (χ4n) is 3.17. The zero-order valence-corrected chi connectivity index (χ0v) is 17.0. The van der Waals surface area contributed by atoms with E-state index in [2.05, 4.69) is 46.8 Å². The molecule has 0 aliphatic heterocycles. The lowest BCUT2D eigenvalue weighted by Gasteiger charge is -2.29. The number of carbonyl (C=O) groups excluding carboxylic acids is 1. The van der Waals surface area contributed by atoms with E-state index in [4.69, 9.17) is 0 Å². The number of hydrogen-bond donors (Lipinski definition) is 2. The molecule has 1 aliphatic carbocycles. The Kier molecular flexibility index (Phi) is 6.91. The molecule has 26 heavy (non-hydrogen) atoms. The molecule has 0 radical (unpaired) electrons. The van der Waals surface area contributed by atoms with E-state index < -0.39 is 0 Å². The summed E-state index contributed by atoms with van der Waals surface area (Å²) in [5, 5.41) is 15.5. The first kappa shape index (κ1) is 19.2. The standard InChI is InChI=1S/C19H26N4OS2/c1-3-14-8-10-15(11-9-14)20-18-22-23-19(26-18)25-12-17(24)21-16-7-5-4-6-13(16)2/h8-11,13,16H,3-7,12H2,1-2H3,(H,20,22)(H,21,24)/t13-,16+/m0/s1. The number of benzene rings is 1. The summed E-state index contributed by atoms with van der Waals surface area (Å²) in [6, 6.07) is 8.64. The van der Waals surface area contributed by atoms with E-state index in [1.807, 2.05) is 12.1 Å². The van der Waals surface area contributed by atoms with Crippen molar-refractivity contribution >= 4 is 39.8 Å². The normalized spacial score (nSPS) is 19.9. The van der Waals surface area contributed by atoms with Gasteiger partial charge in [-0.15, -0.1) is 10.2 Å². The van der Waals surface area contributed by atoms with Gasteiger partial charge in [0.15, 0.2) is 4.34 Å². The highest BCUT2D eigenvalue weighted by atomic mass is 32.2. The molecule has 1 saturated carbocycles. The van der Waals surface area contributed by atoms with Gasteiger partial charge in [-0.2, -0.15) is 0 Å². The number of carbonyl (C=O) groups is 1. The van der Waals surface area contributed by atoms with E-state index in [1.165, 1.54) is 47.9 Å². The van der Waals surface area contributed by atoms with Crippen LogP contribution in [0.15, 0.2) is 28.6 Å². The minimum absolute atomic E-state index is 0.0913. The second kappa shape index (κ2) is 9.37. The summed E-state index contributed by atoms with van der Waals surface area (Å²) in [7, 11) is 0. The molecule has 1 aliphatic rings. The first-order valence-corrected chi connectivity index (χ1v) is 11.1. The van der Waals surface area contributed by atoms with Crippen molar-refractivity contribution in [2.24, 2.45) is 5.92 Å². The Morgan fingerprint density at radius 2 is 2.00 bits per heavy atom. The van der Waals surface area contributed by atoms with E-state index in [0.29, 0.717) is 17.7 Å². The molecular weight excluding hydrogens is 364 g/mol. The van der Waals surface area contributed by atoms with Crippen LogP contribution in [0.25, 0.3) is 0 Å². The van der Waals surface area contributed by atoms with Crippen LogP contribution in [0.3, 0.4) is 0 Å². The second-order valence-electron chi connectivity index (χ2n) is 6.77. The number of thioether (sulfide) groups is 1. The second-order valence-corrected chi connectivity index (χ2v) is 8.97. The molecule has 7 heteroatoms. The summed E-state index contributed by atoms with van der Waals surface area (Å²) < 4.78 is 0.810. The third-order valence-electron chi connectivity index (χ3n) is 4.80. The van der Waals surface area contributed by atoms with Crippen molar-refractivity contribution in [2.75, 3.05) is 11.1 Å². The molecule has 2 aromatic rings. The Hall–Kier alpha value is -1.60. The van der Waals surface area contributed by atoms with Gasteiger partial charge in [-0.05, 0) is 42.9 Å². The Morgan fingerprint density at radius 3 is 2.73 bits per heavy atom. The molecule has 3 rings (SSSR count). The summed E-state index contributed by atoms with van der Waals surface area (Å²) in [5.74, 6) is 1.06. The summed E-state index contributed by atoms with van der Waals surface area (Å²) in [6.45, 7) is 4.37. The lowest BCUT2D eigenvalue weighted by Crippen LogP contribution is -2.41. The van der Waals surface area contributed by atoms with Crippen molar-refractivity contribution in [3.63, 3.8) is 0 Å². The third kappa shape index (κ3) is 5.45. The van der Waals surface area contributed by atoms with Crippen LogP contribution in [0.4, 0.5) is 10.8 Å². The number of hydrogen-bond acceptors (Lipinski definition) is 6. The number of rotatable bonds is 7. The maximum Gasteiger partial charge on any atom is 0.230 e. The number of aryl methyl sites for hydroxylation is 1. The van der Waals surface area contributed by atoms with Gasteiger partial charge in [0, 0.05) is 11.7 Å². The van der Waals surface area contributed by atoms with Crippen LogP contribution in [0.5, 0.6) is 0 Å². The minimum Gasteiger partial charge on any atom is -0.352 e. The van der Waals surface area contributed by atoms with Gasteiger partial charge in [-0.1, -0.05) is 61.9 Å². The number of anilines is 2. The number of aromatic nitrogens is 2. The third-order valence-corrected chi connectivity index (χ3v) is 6.78. The molecule has 140 valence electrons. The molecule has 0 unspecified atom stereocenters. The van der Waals surface area contributed by atoms with Crippen LogP contribution in [-0.4, -0.2) is 27.9 Å². The molecule has 5 nitrogen and oxygen atoms in total. The quantitative estimate of drug-likeness (QED) is 0.675. The highest BCUT2D eigenvalue weighted by Crippen LogP contribution is 2.28. The molecule has 1 amide bonds. The van der Waals surface area contributed by atoms with Crippen molar-refractivity contribution < 1.29 is 4.79 Å². The molecule has 0 bridgehead atoms. The zero-order valence-electron chi connectivity index (χ0n) is 15.3. The number of nitrogens with one attached hydrogen (secondary N) is 2. The summed E-state index contributed by atoms with van der Waals surface area (Å²) in [6.07, 6.45) is 5.84. The van der Waals surface area contributed by atoms with E-state index >= 15 is 0 Å². The van der Waals surface area contributed by atoms with Gasteiger partial charge in [0.2, 0.25) is 11.0 Å². The highest BCUT2D eigenvalue weighted by molar-refractivity contribution is 8.01. The lowest BCUT2D eigenvalue weighted by atomic mass is 9.86. The van der Waals surface area contributed by atoms with Gasteiger partial charge in [-0.25, -0.2) is 0 Å². The molecule has 1 fully saturated rings. The molecule has 0 saturated heterocycles. The maximum absolute atomic E-state index is 12.2. The van der Waals surface area contributed by atoms with Crippen LogP contribution in [-0.2, 0) is 11.2 Å². The Bertz CT molecular complexity index is 717. The predicted octanol–water partition coefficient (Wildman–Crippen LogP) is 4.63. The van der Waals surface area contributed by atoms with E-state index in [0.717, 1.165) is 28.0 Å². The largest absolute Gasteiger partial charge is 0.352 e. The van der Waals surface area contributed by atoms with Crippen molar-refractivity contribution in [1.29, 1.82) is 0 Å². The minimum atomic E-state index is 0.0913. The molecular formula is C19H26N4OS2. The Morgan fingerprint density at radius 1 is 1.23 bits per heavy atom. The summed E-state index contributed by atoms with van der Waals surface area (Å²) in [5.41, 5.74) is 2.31. The number of nitrogens with zero attached hydrogens (tertiary/aromatic N) is 2. The van der Waals surface area contributed by atoms with Crippen molar-refractivity contribution in [3.05, 3.63) is 29.8 Å². The van der Waals surface area contributed by atoms with Crippen LogP contribution < -0.4 is 10.6 Å². The summed E-state index contributed by atoms with van der Waals surface area (Å²) in [4.78, 5) is 12.2. The van der Waals surface area contributed by atoms with Crippen LogP contribution in [0.2, 0.25) is 0 Å². The van der Waals surface area contributed by atoms with E-state index in [-0.39, 0.29) is 5.91 Å². The van der Waals surface area contributed by atoms with E-state index in [1.54, 1.807) is 0 Å². The van der Waals surface area contributed by atoms with Gasteiger partial charge in [0.25, 0.3) is 0 Å². The van der Waals surface area contributed by atoms with Gasteiger partial charge < -0.3 is 10.6 Å². The Labute approximate surface area is 163 Å². The van der Waals surface area contributed by atoms with Gasteiger partial charge in [0.1, 0.15) is 0 Å². The van der Waals surface area contributed by atoms with Crippen molar-refractivity contribution in [1.82, 2.24) is 15.5 Å². The molecule has 2 atom stereocenters. The SMILES string of the molecule is CCc1ccc(Nc2nnc(SCC(=O)N[C@@H]3CCCC[C@@H]3C)s2)cc1. The van der Waals surface area contributed by atoms with Crippen LogP contribution >= 0.6 is 23.1 Å². The van der Waals surface area contributed by atoms with Crippen molar-refractivity contribution in [3.8, 4) is 0 Å². The first-order chi connectivity index (χ1) is 12.6. The number of amides is 1. The summed E-state index contributed by atoms with van der Waals surface area (Å²) >= 11 is 2.92. The molecule has 2 N–H and O–H groups in total. The maximum atomic E-state index is 12.2. The van der Waals surface area contributed by atoms with Gasteiger partial charge >= 0.3 is 0 Å². The lowest BCUT2D eigenvalue weighted by molar-refractivity contribution is -0.119. The van der Waals surface area contributed by atoms with Gasteiger partial charge in [-0.3, -0.25) is 4.79 Å². The zero-order chi connectivity index (χ0) is 18.4. The average Bonchev–Trinajstić information content (AvgIpc) is 3.10. The fraction of sp³-hybridized carbons (Fsp3) is 0.526. The molecule has 0 spiro atoms. The molecule has 1 aromatic heterocycles. The predicted molar refractivity (Wildman–Crippen MR) is 109 cm³/mol. The van der Waals surface area contributed by atoms with Gasteiger partial charge in [0.05, 0.1) is 5.75 Å². The smallest absolute Gasteiger partial charge is 0.230 e. The van der Waals surface area contributed by atoms with Crippen LogP contribution in [0.1, 0.15) is 45.1 Å². The highest BCUT2D eigenvalue weighted by Gasteiger charge is 2.22. The monoisotopic (exact) mass is 390 g/mol. The van der Waals surface area contributed by atoms with Crippen LogP contribution in [0, 0.1) is 5.92 Å². The Balaban J connectivity index is 1.46. The topological polar surface area (TPSA) is 66.9 Å². The average molecular weight is 391 g/mol. The molecule has 1 heterocycles. The molecule has 1 aromatic carbocycles. The fourth-order valence-corrected chi connectivity index (χ4v) is 4.76.